The molecule has 2 amide bonds. The molecule has 128 valence electrons. The number of aromatic nitrogens is 1. The molecule has 6 nitrogen and oxygen atoms in total. The van der Waals surface area contributed by atoms with E-state index < -0.39 is 11.8 Å². The summed E-state index contributed by atoms with van der Waals surface area (Å²) >= 11 is 7.45. The molecule has 0 unspecified atom stereocenters. The van der Waals surface area contributed by atoms with Crippen LogP contribution in [-0.2, 0) is 11.2 Å². The second kappa shape index (κ2) is 7.50. The molecule has 3 rings (SSSR count). The number of hydrogen-bond acceptors (Lipinski definition) is 5. The summed E-state index contributed by atoms with van der Waals surface area (Å²) < 4.78 is 5.59. The van der Waals surface area contributed by atoms with Crippen LogP contribution in [0.2, 0.25) is 5.02 Å². The number of oxazole rings is 1. The van der Waals surface area contributed by atoms with Gasteiger partial charge in [-0.05, 0) is 30.5 Å². The zero-order valence-electron chi connectivity index (χ0n) is 13.2. The molecule has 0 fully saturated rings. The van der Waals surface area contributed by atoms with E-state index in [0.29, 0.717) is 22.4 Å². The predicted molar refractivity (Wildman–Crippen MR) is 95.3 cm³/mol. The van der Waals surface area contributed by atoms with Crippen molar-refractivity contribution in [2.24, 2.45) is 0 Å². The maximum Gasteiger partial charge on any atom is 0.271 e. The minimum absolute atomic E-state index is 0.0104. The molecule has 3 aromatic rings. The summed E-state index contributed by atoms with van der Waals surface area (Å²) in [6.07, 6.45) is -0.0104. The van der Waals surface area contributed by atoms with E-state index >= 15 is 0 Å². The molecule has 25 heavy (non-hydrogen) atoms. The number of hydrazine groups is 1. The number of nitrogens with one attached hydrogen (secondary N) is 2. The predicted octanol–water partition coefficient (Wildman–Crippen LogP) is 3.37. The number of thiophene rings is 1. The molecule has 2 aromatic heterocycles. The molecule has 2 N–H and O–H groups in total. The fourth-order valence-electron chi connectivity index (χ4n) is 2.13. The lowest BCUT2D eigenvalue weighted by Gasteiger charge is -2.07. The lowest BCUT2D eigenvalue weighted by Crippen LogP contribution is -2.42. The summed E-state index contributed by atoms with van der Waals surface area (Å²) in [6.45, 7) is 1.75. The highest BCUT2D eigenvalue weighted by Gasteiger charge is 2.16. The van der Waals surface area contributed by atoms with Gasteiger partial charge in [-0.3, -0.25) is 20.4 Å². The van der Waals surface area contributed by atoms with Gasteiger partial charge >= 0.3 is 0 Å². The van der Waals surface area contributed by atoms with Crippen molar-refractivity contribution >= 4 is 34.8 Å². The van der Waals surface area contributed by atoms with Gasteiger partial charge in [-0.15, -0.1) is 11.3 Å². The monoisotopic (exact) mass is 375 g/mol. The zero-order valence-corrected chi connectivity index (χ0v) is 14.8. The number of aryl methyl sites for hydroxylation is 1. The van der Waals surface area contributed by atoms with Crippen molar-refractivity contribution < 1.29 is 14.0 Å². The Morgan fingerprint density at radius 2 is 2.00 bits per heavy atom. The fourth-order valence-corrected chi connectivity index (χ4v) is 3.00. The van der Waals surface area contributed by atoms with Crippen LogP contribution in [0.25, 0.3) is 10.8 Å². The van der Waals surface area contributed by atoms with E-state index in [2.05, 4.69) is 15.8 Å². The Labute approximate surface area is 152 Å². The summed E-state index contributed by atoms with van der Waals surface area (Å²) in [6, 6.07) is 10.4. The fraction of sp³-hybridized carbons (Fsp3) is 0.118. The first kappa shape index (κ1) is 17.2. The third-order valence-corrected chi connectivity index (χ3v) is 4.57. The molecule has 0 aliphatic rings. The van der Waals surface area contributed by atoms with Crippen LogP contribution < -0.4 is 10.9 Å². The molecule has 0 saturated carbocycles. The van der Waals surface area contributed by atoms with Crippen LogP contribution in [0.4, 0.5) is 0 Å². The van der Waals surface area contributed by atoms with Crippen LogP contribution in [0.1, 0.15) is 21.8 Å². The van der Waals surface area contributed by atoms with E-state index in [4.69, 9.17) is 16.0 Å². The number of amides is 2. The summed E-state index contributed by atoms with van der Waals surface area (Å²) in [5.74, 6) is 0.149. The minimum Gasteiger partial charge on any atom is -0.440 e. The summed E-state index contributed by atoms with van der Waals surface area (Å²) in [5, 5.41) is 2.23. The third kappa shape index (κ3) is 4.07. The van der Waals surface area contributed by atoms with Gasteiger partial charge in [0.1, 0.15) is 5.76 Å². The zero-order chi connectivity index (χ0) is 17.8. The Morgan fingerprint density at radius 3 is 2.72 bits per heavy atom. The van der Waals surface area contributed by atoms with Crippen molar-refractivity contribution in [1.29, 1.82) is 0 Å². The van der Waals surface area contributed by atoms with Gasteiger partial charge in [0.15, 0.2) is 0 Å². The molecule has 8 heteroatoms. The van der Waals surface area contributed by atoms with Crippen molar-refractivity contribution in [3.05, 3.63) is 63.8 Å². The van der Waals surface area contributed by atoms with Gasteiger partial charge in [0.2, 0.25) is 11.8 Å². The van der Waals surface area contributed by atoms with Crippen LogP contribution in [0.3, 0.4) is 0 Å². The number of carbonyl (C=O) groups is 2. The first-order chi connectivity index (χ1) is 12.0. The quantitative estimate of drug-likeness (QED) is 0.685. The average molecular weight is 376 g/mol. The number of nitrogens with zero attached hydrogens (tertiary/aromatic N) is 1. The summed E-state index contributed by atoms with van der Waals surface area (Å²) in [7, 11) is 0. The second-order valence-electron chi connectivity index (χ2n) is 5.16. The number of hydrogen-bond donors (Lipinski definition) is 2. The van der Waals surface area contributed by atoms with E-state index in [0.717, 1.165) is 4.88 Å². The largest absolute Gasteiger partial charge is 0.440 e. The lowest BCUT2D eigenvalue weighted by molar-refractivity contribution is -0.121. The SMILES string of the molecule is Cc1oc(-c2cccs2)nc1CC(=O)NNC(=O)c1ccccc1Cl. The maximum absolute atomic E-state index is 12.0. The van der Waals surface area contributed by atoms with E-state index in [-0.39, 0.29) is 12.0 Å². The van der Waals surface area contributed by atoms with Gasteiger partial charge in [0.05, 0.1) is 27.6 Å². The van der Waals surface area contributed by atoms with Crippen molar-refractivity contribution in [3.63, 3.8) is 0 Å². The van der Waals surface area contributed by atoms with E-state index in [1.807, 2.05) is 17.5 Å². The second-order valence-corrected chi connectivity index (χ2v) is 6.51. The molecule has 0 spiro atoms. The Balaban J connectivity index is 1.60. The van der Waals surface area contributed by atoms with Gasteiger partial charge < -0.3 is 4.42 Å². The Morgan fingerprint density at radius 1 is 1.20 bits per heavy atom. The van der Waals surface area contributed by atoms with E-state index in [9.17, 15) is 9.59 Å². The first-order valence-electron chi connectivity index (χ1n) is 7.38. The molecular formula is C17H14ClN3O3S. The molecule has 1 aromatic carbocycles. The van der Waals surface area contributed by atoms with Crippen LogP contribution in [0, 0.1) is 6.92 Å². The molecule has 2 heterocycles. The van der Waals surface area contributed by atoms with Gasteiger partial charge in [0.25, 0.3) is 5.91 Å². The first-order valence-corrected chi connectivity index (χ1v) is 8.64. The normalized spacial score (nSPS) is 10.5. The van der Waals surface area contributed by atoms with E-state index in [1.165, 1.54) is 11.3 Å². The van der Waals surface area contributed by atoms with Crippen molar-refractivity contribution in [1.82, 2.24) is 15.8 Å². The number of rotatable bonds is 4. The van der Waals surface area contributed by atoms with Crippen molar-refractivity contribution in [2.75, 3.05) is 0 Å². The number of benzene rings is 1. The Bertz CT molecular complexity index is 906. The lowest BCUT2D eigenvalue weighted by atomic mass is 10.2. The molecule has 0 bridgehead atoms. The Hall–Kier alpha value is -2.64. The van der Waals surface area contributed by atoms with Crippen LogP contribution in [0.5, 0.6) is 0 Å². The smallest absolute Gasteiger partial charge is 0.271 e. The highest BCUT2D eigenvalue weighted by atomic mass is 35.5. The third-order valence-electron chi connectivity index (χ3n) is 3.39. The van der Waals surface area contributed by atoms with Crippen LogP contribution in [0.15, 0.2) is 46.2 Å². The molecule has 0 saturated heterocycles. The summed E-state index contributed by atoms with van der Waals surface area (Å²) in [4.78, 5) is 29.3. The van der Waals surface area contributed by atoms with Crippen molar-refractivity contribution in [2.45, 2.75) is 13.3 Å². The Kier molecular flexibility index (Phi) is 5.16. The molecule has 0 atom stereocenters. The molecule has 0 aliphatic heterocycles. The van der Waals surface area contributed by atoms with Crippen molar-refractivity contribution in [3.8, 4) is 10.8 Å². The maximum atomic E-state index is 12.0. The average Bonchev–Trinajstić information content (AvgIpc) is 3.23. The van der Waals surface area contributed by atoms with Gasteiger partial charge in [-0.25, -0.2) is 4.98 Å². The molecular weight excluding hydrogens is 362 g/mol. The van der Waals surface area contributed by atoms with Gasteiger partial charge in [-0.2, -0.15) is 0 Å². The van der Waals surface area contributed by atoms with E-state index in [1.54, 1.807) is 31.2 Å². The molecule has 0 aliphatic carbocycles. The minimum atomic E-state index is -0.491. The summed E-state index contributed by atoms with van der Waals surface area (Å²) in [5.41, 5.74) is 5.49. The van der Waals surface area contributed by atoms with Crippen LogP contribution >= 0.6 is 22.9 Å². The number of halogens is 1. The van der Waals surface area contributed by atoms with Gasteiger partial charge in [-0.1, -0.05) is 29.8 Å². The standard InChI is InChI=1S/C17H14ClN3O3S/c1-10-13(19-17(24-10)14-7-4-8-25-14)9-15(22)20-21-16(23)11-5-2-3-6-12(11)18/h2-8H,9H2,1H3,(H,20,22)(H,21,23). The molecule has 0 radical (unpaired) electrons. The number of carbonyl (C=O) groups excluding carboxylic acids is 2. The van der Waals surface area contributed by atoms with Crippen LogP contribution in [-0.4, -0.2) is 16.8 Å². The van der Waals surface area contributed by atoms with Gasteiger partial charge in [0, 0.05) is 0 Å². The highest BCUT2D eigenvalue weighted by molar-refractivity contribution is 7.13. The highest BCUT2D eigenvalue weighted by Crippen LogP contribution is 2.26. The topological polar surface area (TPSA) is 84.2 Å².